The van der Waals surface area contributed by atoms with Crippen LogP contribution in [0.25, 0.3) is 0 Å². The van der Waals surface area contributed by atoms with Crippen molar-refractivity contribution in [1.29, 1.82) is 0 Å². The van der Waals surface area contributed by atoms with Gasteiger partial charge in [-0.05, 0) is 56.3 Å². The van der Waals surface area contributed by atoms with Gasteiger partial charge in [0.1, 0.15) is 5.78 Å². The maximum absolute atomic E-state index is 11.2. The van der Waals surface area contributed by atoms with Crippen LogP contribution in [0.2, 0.25) is 0 Å². The van der Waals surface area contributed by atoms with Gasteiger partial charge in [0.2, 0.25) is 0 Å². The first kappa shape index (κ1) is 12.1. The molecule has 0 N–H and O–H groups in total. The Bertz CT molecular complexity index is 219. The largest absolute Gasteiger partial charge is 0.384 e. The fourth-order valence-corrected chi connectivity index (χ4v) is 3.50. The van der Waals surface area contributed by atoms with Crippen LogP contribution in [0.3, 0.4) is 0 Å². The average molecular weight is 224 g/mol. The Balaban J connectivity index is 1.74. The molecule has 0 saturated heterocycles. The van der Waals surface area contributed by atoms with Gasteiger partial charge in [-0.3, -0.25) is 4.79 Å². The average Bonchev–Trinajstić information content (AvgIpc) is 2.32. The van der Waals surface area contributed by atoms with E-state index in [-0.39, 0.29) is 0 Å². The van der Waals surface area contributed by atoms with Gasteiger partial charge in [-0.25, -0.2) is 0 Å². The highest BCUT2D eigenvalue weighted by atomic mass is 16.5. The van der Waals surface area contributed by atoms with E-state index in [9.17, 15) is 4.79 Å². The van der Waals surface area contributed by atoms with Gasteiger partial charge in [-0.15, -0.1) is 0 Å². The van der Waals surface area contributed by atoms with E-state index in [2.05, 4.69) is 0 Å². The summed E-state index contributed by atoms with van der Waals surface area (Å²) in [6, 6.07) is 0. The van der Waals surface area contributed by atoms with Crippen molar-refractivity contribution in [3.63, 3.8) is 0 Å². The zero-order chi connectivity index (χ0) is 11.4. The van der Waals surface area contributed by atoms with Crippen molar-refractivity contribution in [2.75, 3.05) is 13.7 Å². The first-order valence-electron chi connectivity index (χ1n) is 6.80. The van der Waals surface area contributed by atoms with Crippen LogP contribution < -0.4 is 0 Å². The zero-order valence-electron chi connectivity index (χ0n) is 10.4. The summed E-state index contributed by atoms with van der Waals surface area (Å²) < 4.78 is 5.23. The summed E-state index contributed by atoms with van der Waals surface area (Å²) in [5, 5.41) is 0. The molecule has 0 amide bonds. The van der Waals surface area contributed by atoms with Gasteiger partial charge in [0.15, 0.2) is 0 Å². The lowest BCUT2D eigenvalue weighted by atomic mass is 9.71. The Hall–Kier alpha value is -0.370. The monoisotopic (exact) mass is 224 g/mol. The standard InChI is InChI=1S/C14H24O2/c1-16-10-11-2-4-12(5-3-11)13-6-8-14(15)9-7-13/h11-13H,2-10H2,1H3. The molecule has 0 aromatic rings. The lowest BCUT2D eigenvalue weighted by Crippen LogP contribution is -2.26. The minimum Gasteiger partial charge on any atom is -0.384 e. The Morgan fingerprint density at radius 3 is 2.12 bits per heavy atom. The molecule has 0 aliphatic heterocycles. The minimum absolute atomic E-state index is 0.490. The normalized spacial score (nSPS) is 32.9. The lowest BCUT2D eigenvalue weighted by molar-refractivity contribution is -0.121. The minimum atomic E-state index is 0.490. The predicted molar refractivity (Wildman–Crippen MR) is 64.3 cm³/mol. The van der Waals surface area contributed by atoms with Crippen molar-refractivity contribution < 1.29 is 9.53 Å². The number of Topliss-reactive ketones (excluding diaryl/α,β-unsaturated/α-hetero) is 1. The summed E-state index contributed by atoms with van der Waals surface area (Å²) in [6.45, 7) is 0.940. The molecular formula is C14H24O2. The van der Waals surface area contributed by atoms with Crippen molar-refractivity contribution in [1.82, 2.24) is 0 Å². The molecule has 0 bridgehead atoms. The van der Waals surface area contributed by atoms with Crippen molar-refractivity contribution in [3.8, 4) is 0 Å². The summed E-state index contributed by atoms with van der Waals surface area (Å²) >= 11 is 0. The Kier molecular flexibility index (Phi) is 4.39. The second kappa shape index (κ2) is 5.81. The van der Waals surface area contributed by atoms with Crippen LogP contribution in [-0.2, 0) is 9.53 Å². The molecule has 2 fully saturated rings. The number of carbonyl (C=O) groups excluding carboxylic acids is 1. The fraction of sp³-hybridized carbons (Fsp3) is 0.929. The highest BCUT2D eigenvalue weighted by molar-refractivity contribution is 5.79. The Morgan fingerprint density at radius 2 is 1.56 bits per heavy atom. The summed E-state index contributed by atoms with van der Waals surface area (Å²) in [7, 11) is 1.80. The number of hydrogen-bond donors (Lipinski definition) is 0. The van der Waals surface area contributed by atoms with Crippen molar-refractivity contribution in [2.45, 2.75) is 51.4 Å². The molecule has 2 saturated carbocycles. The third-order valence-electron chi connectivity index (χ3n) is 4.55. The van der Waals surface area contributed by atoms with E-state index < -0.39 is 0 Å². The first-order chi connectivity index (χ1) is 7.79. The molecule has 2 nitrogen and oxygen atoms in total. The van der Waals surface area contributed by atoms with Crippen molar-refractivity contribution in [2.24, 2.45) is 17.8 Å². The zero-order valence-corrected chi connectivity index (χ0v) is 10.4. The van der Waals surface area contributed by atoms with Crippen LogP contribution in [0.15, 0.2) is 0 Å². The number of carbonyl (C=O) groups is 1. The quantitative estimate of drug-likeness (QED) is 0.736. The summed E-state index contributed by atoms with van der Waals surface area (Å²) in [5.41, 5.74) is 0. The SMILES string of the molecule is COCC1CCC(C2CCC(=O)CC2)CC1. The van der Waals surface area contributed by atoms with Gasteiger partial charge in [0, 0.05) is 26.6 Å². The highest BCUT2D eigenvalue weighted by Gasteiger charge is 2.29. The van der Waals surface area contributed by atoms with Crippen LogP contribution in [0.5, 0.6) is 0 Å². The van der Waals surface area contributed by atoms with E-state index in [0.29, 0.717) is 5.78 Å². The van der Waals surface area contributed by atoms with Crippen LogP contribution >= 0.6 is 0 Å². The third-order valence-corrected chi connectivity index (χ3v) is 4.55. The number of hydrogen-bond acceptors (Lipinski definition) is 2. The third kappa shape index (κ3) is 3.07. The molecule has 2 aliphatic carbocycles. The smallest absolute Gasteiger partial charge is 0.132 e. The summed E-state index contributed by atoms with van der Waals surface area (Å²) in [4.78, 5) is 11.2. The van der Waals surface area contributed by atoms with Crippen LogP contribution in [0, 0.1) is 17.8 Å². The van der Waals surface area contributed by atoms with Gasteiger partial charge in [0.05, 0.1) is 0 Å². The molecule has 0 aromatic carbocycles. The van der Waals surface area contributed by atoms with E-state index in [1.165, 1.54) is 38.5 Å². The Morgan fingerprint density at radius 1 is 1.00 bits per heavy atom. The van der Waals surface area contributed by atoms with E-state index in [4.69, 9.17) is 4.74 Å². The van der Waals surface area contributed by atoms with Crippen LogP contribution in [-0.4, -0.2) is 19.5 Å². The molecule has 0 spiro atoms. The molecule has 0 radical (unpaired) electrons. The molecule has 2 heteroatoms. The molecule has 16 heavy (non-hydrogen) atoms. The summed E-state index contributed by atoms with van der Waals surface area (Å²) in [5.74, 6) is 3.04. The second-order valence-electron chi connectivity index (χ2n) is 5.61. The van der Waals surface area contributed by atoms with Crippen LogP contribution in [0.1, 0.15) is 51.4 Å². The predicted octanol–water partition coefficient (Wildman–Crippen LogP) is 3.20. The molecule has 0 unspecified atom stereocenters. The lowest BCUT2D eigenvalue weighted by Gasteiger charge is -2.35. The second-order valence-corrected chi connectivity index (χ2v) is 5.61. The fourth-order valence-electron chi connectivity index (χ4n) is 3.50. The van der Waals surface area contributed by atoms with Crippen LogP contribution in [0.4, 0.5) is 0 Å². The van der Waals surface area contributed by atoms with E-state index in [0.717, 1.165) is 37.2 Å². The number of ketones is 1. The maximum atomic E-state index is 11.2. The van der Waals surface area contributed by atoms with Gasteiger partial charge < -0.3 is 4.74 Å². The molecule has 0 heterocycles. The maximum Gasteiger partial charge on any atom is 0.132 e. The van der Waals surface area contributed by atoms with Gasteiger partial charge in [0.25, 0.3) is 0 Å². The first-order valence-corrected chi connectivity index (χ1v) is 6.80. The highest BCUT2D eigenvalue weighted by Crippen LogP contribution is 2.39. The Labute approximate surface area is 98.7 Å². The van der Waals surface area contributed by atoms with Crippen molar-refractivity contribution in [3.05, 3.63) is 0 Å². The molecule has 0 atom stereocenters. The van der Waals surface area contributed by atoms with E-state index >= 15 is 0 Å². The molecule has 0 aromatic heterocycles. The van der Waals surface area contributed by atoms with E-state index in [1.54, 1.807) is 7.11 Å². The topological polar surface area (TPSA) is 26.3 Å². The van der Waals surface area contributed by atoms with Gasteiger partial charge in [-0.1, -0.05) is 0 Å². The molecule has 2 rings (SSSR count). The van der Waals surface area contributed by atoms with E-state index in [1.807, 2.05) is 0 Å². The number of methoxy groups -OCH3 is 1. The number of ether oxygens (including phenoxy) is 1. The van der Waals surface area contributed by atoms with Crippen molar-refractivity contribution >= 4 is 5.78 Å². The molecule has 2 aliphatic rings. The molecule has 92 valence electrons. The van der Waals surface area contributed by atoms with Gasteiger partial charge >= 0.3 is 0 Å². The number of rotatable bonds is 3. The van der Waals surface area contributed by atoms with Gasteiger partial charge in [-0.2, -0.15) is 0 Å². The summed E-state index contributed by atoms with van der Waals surface area (Å²) in [6.07, 6.45) is 9.44. The molecular weight excluding hydrogens is 200 g/mol.